The number of ether oxygens (including phenoxy) is 1. The molecular formula is C36H52ClN11O2. The van der Waals surface area contributed by atoms with E-state index in [2.05, 4.69) is 50.1 Å². The lowest BCUT2D eigenvalue weighted by molar-refractivity contribution is -0.123. The molecule has 1 aromatic carbocycles. The van der Waals surface area contributed by atoms with Crippen LogP contribution in [0.25, 0.3) is 22.1 Å². The van der Waals surface area contributed by atoms with Crippen molar-refractivity contribution in [2.45, 2.75) is 65.5 Å². The van der Waals surface area contributed by atoms with Gasteiger partial charge in [-0.2, -0.15) is 15.1 Å². The predicted molar refractivity (Wildman–Crippen MR) is 198 cm³/mol. The van der Waals surface area contributed by atoms with Crippen LogP contribution in [0.4, 0.5) is 11.5 Å². The maximum Gasteiger partial charge on any atom is 0.229 e. The smallest absolute Gasteiger partial charge is 0.229 e. The maximum absolute atomic E-state index is 12.5. The van der Waals surface area contributed by atoms with Gasteiger partial charge in [-0.25, -0.2) is 4.98 Å². The number of hydrogen-bond donors (Lipinski definition) is 3. The molecule has 0 radical (unpaired) electrons. The molecule has 3 aromatic heterocycles. The molecule has 1 atom stereocenters. The molecule has 3 aliphatic rings. The number of hydrogen-bond acceptors (Lipinski definition) is 10. The van der Waals surface area contributed by atoms with E-state index in [1.807, 2.05) is 45.2 Å². The third-order valence-corrected chi connectivity index (χ3v) is 10.7. The zero-order valence-corrected chi connectivity index (χ0v) is 30.5. The Labute approximate surface area is 299 Å². The van der Waals surface area contributed by atoms with Crippen molar-refractivity contribution in [1.82, 2.24) is 44.8 Å². The Balaban J connectivity index is 0.976. The van der Waals surface area contributed by atoms with Gasteiger partial charge < -0.3 is 19.9 Å². The number of rotatable bonds is 11. The lowest BCUT2D eigenvalue weighted by Gasteiger charge is -2.42. The number of morpholine rings is 1. The Morgan fingerprint density at radius 2 is 1.88 bits per heavy atom. The Kier molecular flexibility index (Phi) is 10.9. The van der Waals surface area contributed by atoms with Crippen LogP contribution in [0.5, 0.6) is 0 Å². The van der Waals surface area contributed by atoms with E-state index in [-0.39, 0.29) is 11.2 Å². The summed E-state index contributed by atoms with van der Waals surface area (Å²) in [7, 11) is 0. The van der Waals surface area contributed by atoms with Crippen LogP contribution in [-0.4, -0.2) is 129 Å². The van der Waals surface area contributed by atoms with E-state index >= 15 is 0 Å². The van der Waals surface area contributed by atoms with Crippen molar-refractivity contribution in [3.8, 4) is 0 Å². The van der Waals surface area contributed by atoms with Gasteiger partial charge in [-0.3, -0.25) is 24.6 Å². The van der Waals surface area contributed by atoms with E-state index in [9.17, 15) is 4.79 Å². The fourth-order valence-corrected chi connectivity index (χ4v) is 7.87. The number of fused-ring (bicyclic) bond motifs is 2. The van der Waals surface area contributed by atoms with E-state index < -0.39 is 5.41 Å². The van der Waals surface area contributed by atoms with E-state index in [1.54, 1.807) is 0 Å². The fraction of sp³-hybridized carbons (Fsp3) is 0.639. The van der Waals surface area contributed by atoms with Crippen molar-refractivity contribution in [3.63, 3.8) is 0 Å². The molecule has 14 heteroatoms. The van der Waals surface area contributed by atoms with Crippen molar-refractivity contribution in [2.75, 3.05) is 82.3 Å². The van der Waals surface area contributed by atoms with Crippen molar-refractivity contribution >= 4 is 51.1 Å². The zero-order chi connectivity index (χ0) is 34.7. The van der Waals surface area contributed by atoms with Crippen molar-refractivity contribution < 1.29 is 9.53 Å². The topological polar surface area (TPSA) is 134 Å². The second kappa shape index (κ2) is 15.5. The van der Waals surface area contributed by atoms with E-state index in [4.69, 9.17) is 21.3 Å². The summed E-state index contributed by atoms with van der Waals surface area (Å²) in [6.07, 6.45) is 7.63. The SMILES string of the molecule is CC(C)(C)C(=O)Nc1ccc2nc(CN3CCC(N(CCCN4CCOCC4)CC4CCCN(c5nc(Cl)nc6[nH]ncc56)C4)CC3)[nH]c2c1. The summed E-state index contributed by atoms with van der Waals surface area (Å²) in [4.78, 5) is 40.1. The summed E-state index contributed by atoms with van der Waals surface area (Å²) in [5, 5.41) is 11.4. The average molecular weight is 706 g/mol. The van der Waals surface area contributed by atoms with Crippen LogP contribution in [0.3, 0.4) is 0 Å². The van der Waals surface area contributed by atoms with Gasteiger partial charge in [0.15, 0.2) is 5.65 Å². The highest BCUT2D eigenvalue weighted by atomic mass is 35.5. The number of aromatic amines is 2. The second-order valence-corrected chi connectivity index (χ2v) is 15.7. The van der Waals surface area contributed by atoms with Gasteiger partial charge in [0.05, 0.1) is 42.4 Å². The minimum Gasteiger partial charge on any atom is -0.379 e. The molecule has 6 heterocycles. The highest BCUT2D eigenvalue weighted by Gasteiger charge is 2.30. The molecule has 0 saturated carbocycles. The predicted octanol–water partition coefficient (Wildman–Crippen LogP) is 4.77. The first-order chi connectivity index (χ1) is 24.2. The van der Waals surface area contributed by atoms with Crippen molar-refractivity contribution in [2.24, 2.45) is 11.3 Å². The molecule has 0 spiro atoms. The summed E-state index contributed by atoms with van der Waals surface area (Å²) in [5.74, 6) is 2.41. The lowest BCUT2D eigenvalue weighted by Crippen LogP contribution is -2.49. The fourth-order valence-electron chi connectivity index (χ4n) is 7.71. The largest absolute Gasteiger partial charge is 0.379 e. The summed E-state index contributed by atoms with van der Waals surface area (Å²) >= 11 is 6.32. The molecule has 1 unspecified atom stereocenters. The number of nitrogens with one attached hydrogen (secondary N) is 3. The maximum atomic E-state index is 12.5. The van der Waals surface area contributed by atoms with Crippen molar-refractivity contribution in [1.29, 1.82) is 0 Å². The molecule has 7 rings (SSSR count). The third-order valence-electron chi connectivity index (χ3n) is 10.5. The number of carbonyl (C=O) groups excluding carboxylic acids is 1. The van der Waals surface area contributed by atoms with Crippen LogP contribution in [0.1, 0.15) is 58.7 Å². The highest BCUT2D eigenvalue weighted by molar-refractivity contribution is 6.28. The van der Waals surface area contributed by atoms with Crippen LogP contribution >= 0.6 is 11.6 Å². The Morgan fingerprint density at radius 1 is 1.06 bits per heavy atom. The van der Waals surface area contributed by atoms with Crippen LogP contribution in [0.15, 0.2) is 24.4 Å². The van der Waals surface area contributed by atoms with E-state index in [0.29, 0.717) is 17.6 Å². The molecule has 3 saturated heterocycles. The Morgan fingerprint density at radius 3 is 2.68 bits per heavy atom. The van der Waals surface area contributed by atoms with Gasteiger partial charge in [0.2, 0.25) is 11.2 Å². The van der Waals surface area contributed by atoms with Gasteiger partial charge in [-0.15, -0.1) is 0 Å². The van der Waals surface area contributed by atoms with Gasteiger partial charge in [0.1, 0.15) is 11.6 Å². The number of halogens is 1. The molecule has 0 bridgehead atoms. The number of imidazole rings is 1. The first kappa shape index (κ1) is 35.1. The molecule has 1 amide bonds. The average Bonchev–Trinajstić information content (AvgIpc) is 3.74. The van der Waals surface area contributed by atoms with Gasteiger partial charge in [-0.05, 0) is 80.9 Å². The minimum atomic E-state index is -0.449. The summed E-state index contributed by atoms with van der Waals surface area (Å²) in [6.45, 7) is 17.7. The number of aromatic nitrogens is 6. The Hall–Kier alpha value is -3.36. The van der Waals surface area contributed by atoms with Gasteiger partial charge in [0.25, 0.3) is 0 Å². The molecule has 3 aliphatic heterocycles. The number of amides is 1. The van der Waals surface area contributed by atoms with Gasteiger partial charge >= 0.3 is 0 Å². The molecule has 3 fully saturated rings. The first-order valence-electron chi connectivity index (χ1n) is 18.4. The minimum absolute atomic E-state index is 0.00164. The standard InChI is InChI=1S/C36H52ClN11O2/c1-36(2,3)34(49)39-26-7-8-29-30(20-26)41-31(40-29)24-46-14-9-27(10-15-46)47(13-5-11-45-16-18-50-19-17-45)22-25-6-4-12-48(23-25)33-28-21-38-44-32(28)42-35(37)43-33/h7-8,20-21,25,27H,4-6,9-19,22-24H2,1-3H3,(H,39,49)(H,40,41)(H,38,42,43,44). The third kappa shape index (κ3) is 8.56. The number of likely N-dealkylation sites (tertiary alicyclic amines) is 1. The number of piperidine rings is 2. The number of benzene rings is 1. The van der Waals surface area contributed by atoms with E-state index in [0.717, 1.165) is 132 Å². The number of anilines is 2. The molecule has 270 valence electrons. The number of nitrogens with zero attached hydrogens (tertiary/aromatic N) is 8. The van der Waals surface area contributed by atoms with Gasteiger partial charge in [0, 0.05) is 63.0 Å². The molecule has 4 aromatic rings. The van der Waals surface area contributed by atoms with Crippen LogP contribution in [0.2, 0.25) is 5.28 Å². The highest BCUT2D eigenvalue weighted by Crippen LogP contribution is 2.30. The molecule has 3 N–H and O–H groups in total. The van der Waals surface area contributed by atoms with Crippen LogP contribution in [-0.2, 0) is 16.1 Å². The first-order valence-corrected chi connectivity index (χ1v) is 18.7. The molecular weight excluding hydrogens is 654 g/mol. The summed E-state index contributed by atoms with van der Waals surface area (Å²) < 4.78 is 5.59. The second-order valence-electron chi connectivity index (χ2n) is 15.3. The number of carbonyl (C=O) groups is 1. The lowest BCUT2D eigenvalue weighted by atomic mass is 9.94. The van der Waals surface area contributed by atoms with Crippen molar-refractivity contribution in [3.05, 3.63) is 35.5 Å². The summed E-state index contributed by atoms with van der Waals surface area (Å²) in [5.41, 5.74) is 2.91. The van der Waals surface area contributed by atoms with Gasteiger partial charge in [-0.1, -0.05) is 20.8 Å². The monoisotopic (exact) mass is 705 g/mol. The zero-order valence-electron chi connectivity index (χ0n) is 29.8. The van der Waals surface area contributed by atoms with Crippen LogP contribution < -0.4 is 10.2 Å². The van der Waals surface area contributed by atoms with E-state index in [1.165, 1.54) is 12.8 Å². The quantitative estimate of drug-likeness (QED) is 0.187. The summed E-state index contributed by atoms with van der Waals surface area (Å²) in [6, 6.07) is 6.46. The van der Waals surface area contributed by atoms with Crippen LogP contribution in [0, 0.1) is 11.3 Å². The molecule has 50 heavy (non-hydrogen) atoms. The number of H-pyrrole nitrogens is 2. The molecule has 13 nitrogen and oxygen atoms in total. The Bertz CT molecular complexity index is 1740. The normalized spacial score (nSPS) is 20.3. The molecule has 0 aliphatic carbocycles.